The minimum atomic E-state index is 0.487. The van der Waals surface area contributed by atoms with E-state index >= 15 is 0 Å². The molecule has 1 N–H and O–H groups in total. The monoisotopic (exact) mass is 269 g/mol. The van der Waals surface area contributed by atoms with Crippen molar-refractivity contribution in [2.45, 2.75) is 40.0 Å². The molecule has 0 unspecified atom stereocenters. The SMILES string of the molecule is Cc1cccc(OCc2ccccc2CNC(C)C)c1. The van der Waals surface area contributed by atoms with E-state index in [4.69, 9.17) is 4.74 Å². The van der Waals surface area contributed by atoms with E-state index in [-0.39, 0.29) is 0 Å². The molecule has 0 bridgehead atoms. The maximum atomic E-state index is 5.89. The predicted octanol–water partition coefficient (Wildman–Crippen LogP) is 4.07. The lowest BCUT2D eigenvalue weighted by Crippen LogP contribution is -2.22. The summed E-state index contributed by atoms with van der Waals surface area (Å²) in [5.74, 6) is 0.927. The van der Waals surface area contributed by atoms with Gasteiger partial charge in [0.05, 0.1) is 0 Å². The first-order valence-corrected chi connectivity index (χ1v) is 7.15. The molecular formula is C18H23NO. The average molecular weight is 269 g/mol. The highest BCUT2D eigenvalue weighted by Crippen LogP contribution is 2.16. The van der Waals surface area contributed by atoms with Crippen LogP contribution in [0.3, 0.4) is 0 Å². The van der Waals surface area contributed by atoms with Gasteiger partial charge in [0.2, 0.25) is 0 Å². The summed E-state index contributed by atoms with van der Waals surface area (Å²) in [6.07, 6.45) is 0. The normalized spacial score (nSPS) is 10.8. The zero-order valence-corrected chi connectivity index (χ0v) is 12.5. The number of ether oxygens (including phenoxy) is 1. The van der Waals surface area contributed by atoms with Crippen LogP contribution in [0.5, 0.6) is 5.75 Å². The van der Waals surface area contributed by atoms with Gasteiger partial charge >= 0.3 is 0 Å². The number of benzene rings is 2. The summed E-state index contributed by atoms with van der Waals surface area (Å²) in [6, 6.07) is 17.1. The molecule has 0 saturated heterocycles. The summed E-state index contributed by atoms with van der Waals surface area (Å²) < 4.78 is 5.89. The van der Waals surface area contributed by atoms with Crippen molar-refractivity contribution in [1.82, 2.24) is 5.32 Å². The molecule has 2 heteroatoms. The molecular weight excluding hydrogens is 246 g/mol. The third-order valence-corrected chi connectivity index (χ3v) is 3.20. The molecule has 0 aliphatic heterocycles. The van der Waals surface area contributed by atoms with E-state index in [1.54, 1.807) is 0 Å². The topological polar surface area (TPSA) is 21.3 Å². The molecule has 0 radical (unpaired) electrons. The molecule has 2 aromatic rings. The lowest BCUT2D eigenvalue weighted by atomic mass is 10.1. The molecule has 0 aliphatic rings. The fraction of sp³-hybridized carbons (Fsp3) is 0.333. The van der Waals surface area contributed by atoms with Crippen LogP contribution in [0.1, 0.15) is 30.5 Å². The van der Waals surface area contributed by atoms with Crippen molar-refractivity contribution in [3.05, 3.63) is 65.2 Å². The Labute approximate surface area is 121 Å². The van der Waals surface area contributed by atoms with E-state index in [1.165, 1.54) is 16.7 Å². The van der Waals surface area contributed by atoms with Crippen molar-refractivity contribution < 1.29 is 4.74 Å². The molecule has 0 aromatic heterocycles. The Morgan fingerprint density at radius 2 is 1.75 bits per heavy atom. The highest BCUT2D eigenvalue weighted by Gasteiger charge is 2.03. The maximum absolute atomic E-state index is 5.89. The summed E-state index contributed by atoms with van der Waals surface area (Å²) in [4.78, 5) is 0. The molecule has 0 heterocycles. The van der Waals surface area contributed by atoms with Gasteiger partial charge in [0.1, 0.15) is 12.4 Å². The van der Waals surface area contributed by atoms with Gasteiger partial charge < -0.3 is 10.1 Å². The highest BCUT2D eigenvalue weighted by atomic mass is 16.5. The Bertz CT molecular complexity index is 549. The molecule has 106 valence electrons. The van der Waals surface area contributed by atoms with E-state index in [0.717, 1.165) is 12.3 Å². The summed E-state index contributed by atoms with van der Waals surface area (Å²) in [7, 11) is 0. The van der Waals surface area contributed by atoms with Crippen LogP contribution in [-0.4, -0.2) is 6.04 Å². The smallest absolute Gasteiger partial charge is 0.120 e. The molecule has 0 amide bonds. The highest BCUT2D eigenvalue weighted by molar-refractivity contribution is 5.30. The second-order valence-electron chi connectivity index (χ2n) is 5.41. The van der Waals surface area contributed by atoms with Crippen molar-refractivity contribution in [1.29, 1.82) is 0 Å². The van der Waals surface area contributed by atoms with Gasteiger partial charge in [0, 0.05) is 12.6 Å². The Kier molecular flexibility index (Phi) is 5.19. The molecule has 0 aliphatic carbocycles. The largest absolute Gasteiger partial charge is 0.489 e. The molecule has 0 saturated carbocycles. The molecule has 2 rings (SSSR count). The van der Waals surface area contributed by atoms with Crippen molar-refractivity contribution in [2.24, 2.45) is 0 Å². The van der Waals surface area contributed by atoms with Crippen molar-refractivity contribution in [3.63, 3.8) is 0 Å². The van der Waals surface area contributed by atoms with Gasteiger partial charge in [-0.2, -0.15) is 0 Å². The van der Waals surface area contributed by atoms with Crippen LogP contribution in [0.15, 0.2) is 48.5 Å². The Hall–Kier alpha value is -1.80. The Morgan fingerprint density at radius 3 is 2.45 bits per heavy atom. The van der Waals surface area contributed by atoms with Gasteiger partial charge in [-0.25, -0.2) is 0 Å². The molecule has 2 nitrogen and oxygen atoms in total. The van der Waals surface area contributed by atoms with Gasteiger partial charge in [-0.05, 0) is 35.7 Å². The average Bonchev–Trinajstić information content (AvgIpc) is 2.44. The zero-order valence-electron chi connectivity index (χ0n) is 12.5. The van der Waals surface area contributed by atoms with Crippen LogP contribution >= 0.6 is 0 Å². The van der Waals surface area contributed by atoms with Crippen molar-refractivity contribution >= 4 is 0 Å². The lowest BCUT2D eigenvalue weighted by Gasteiger charge is -2.13. The number of nitrogens with one attached hydrogen (secondary N) is 1. The van der Waals surface area contributed by atoms with Crippen LogP contribution < -0.4 is 10.1 Å². The number of hydrogen-bond acceptors (Lipinski definition) is 2. The van der Waals surface area contributed by atoms with Crippen molar-refractivity contribution in [3.8, 4) is 5.75 Å². The van der Waals surface area contributed by atoms with Crippen LogP contribution in [0, 0.1) is 6.92 Å². The third kappa shape index (κ3) is 4.39. The minimum Gasteiger partial charge on any atom is -0.489 e. The molecule has 0 spiro atoms. The van der Waals surface area contributed by atoms with Crippen LogP contribution in [0.25, 0.3) is 0 Å². The Morgan fingerprint density at radius 1 is 1.00 bits per heavy atom. The summed E-state index contributed by atoms with van der Waals surface area (Å²) in [5, 5.41) is 3.45. The number of hydrogen-bond donors (Lipinski definition) is 1. The maximum Gasteiger partial charge on any atom is 0.120 e. The first kappa shape index (κ1) is 14.6. The van der Waals surface area contributed by atoms with Gasteiger partial charge in [0.25, 0.3) is 0 Å². The predicted molar refractivity (Wildman–Crippen MR) is 83.9 cm³/mol. The van der Waals surface area contributed by atoms with Crippen LogP contribution in [0.4, 0.5) is 0 Å². The Balaban J connectivity index is 2.02. The van der Waals surface area contributed by atoms with E-state index < -0.39 is 0 Å². The quantitative estimate of drug-likeness (QED) is 0.853. The van der Waals surface area contributed by atoms with Crippen LogP contribution in [0.2, 0.25) is 0 Å². The van der Waals surface area contributed by atoms with Gasteiger partial charge in [-0.15, -0.1) is 0 Å². The van der Waals surface area contributed by atoms with Gasteiger partial charge in [0.15, 0.2) is 0 Å². The van der Waals surface area contributed by atoms with Gasteiger partial charge in [-0.1, -0.05) is 50.2 Å². The van der Waals surface area contributed by atoms with E-state index in [1.807, 2.05) is 12.1 Å². The molecule has 20 heavy (non-hydrogen) atoms. The fourth-order valence-corrected chi connectivity index (χ4v) is 2.05. The first-order chi connectivity index (χ1) is 9.65. The second-order valence-corrected chi connectivity index (χ2v) is 5.41. The van der Waals surface area contributed by atoms with Crippen LogP contribution in [-0.2, 0) is 13.2 Å². The number of aryl methyl sites for hydroxylation is 1. The van der Waals surface area contributed by atoms with Gasteiger partial charge in [-0.3, -0.25) is 0 Å². The minimum absolute atomic E-state index is 0.487. The fourth-order valence-electron chi connectivity index (χ4n) is 2.05. The molecule has 2 aromatic carbocycles. The summed E-state index contributed by atoms with van der Waals surface area (Å²) in [5.41, 5.74) is 3.76. The van der Waals surface area contributed by atoms with E-state index in [0.29, 0.717) is 12.6 Å². The molecule has 0 fully saturated rings. The third-order valence-electron chi connectivity index (χ3n) is 3.20. The summed E-state index contributed by atoms with van der Waals surface area (Å²) >= 11 is 0. The summed E-state index contributed by atoms with van der Waals surface area (Å²) in [6.45, 7) is 7.88. The van der Waals surface area contributed by atoms with E-state index in [2.05, 4.69) is 62.5 Å². The van der Waals surface area contributed by atoms with E-state index in [9.17, 15) is 0 Å². The lowest BCUT2D eigenvalue weighted by molar-refractivity contribution is 0.304. The number of rotatable bonds is 6. The standard InChI is InChI=1S/C18H23NO/c1-14(2)19-12-16-8-4-5-9-17(16)13-20-18-10-6-7-15(3)11-18/h4-11,14,19H,12-13H2,1-3H3. The first-order valence-electron chi connectivity index (χ1n) is 7.15. The molecule has 0 atom stereocenters. The second kappa shape index (κ2) is 7.11. The zero-order chi connectivity index (χ0) is 14.4. The van der Waals surface area contributed by atoms with Crippen molar-refractivity contribution in [2.75, 3.05) is 0 Å².